The van der Waals surface area contributed by atoms with Crippen LogP contribution in [0.5, 0.6) is 0 Å². The Bertz CT molecular complexity index is 821. The molecule has 1 saturated heterocycles. The van der Waals surface area contributed by atoms with Gasteiger partial charge in [-0.05, 0) is 55.7 Å². The zero-order valence-electron chi connectivity index (χ0n) is 15.4. The lowest BCUT2D eigenvalue weighted by Crippen LogP contribution is -2.49. The number of hydrogen-bond donors (Lipinski definition) is 0. The molecule has 1 aliphatic rings. The maximum absolute atomic E-state index is 13.3. The fourth-order valence-electron chi connectivity index (χ4n) is 3.58. The standard InChI is InChI=1S/C22H23Cl2NOS/c1-4-6-19-22(26)25(14(2)3)20(15-9-11-17(23)12-10-15)21(27-19)16-7-5-8-18(24)13-16/h4-5,7-14,19-21H,1,6H2,2-3H3. The predicted octanol–water partition coefficient (Wildman–Crippen LogP) is 6.70. The Morgan fingerprint density at radius 1 is 1.11 bits per heavy atom. The molecule has 2 nitrogen and oxygen atoms in total. The van der Waals surface area contributed by atoms with Crippen molar-refractivity contribution in [3.8, 4) is 0 Å². The number of rotatable bonds is 5. The number of carbonyl (C=O) groups excluding carboxylic acids is 1. The number of benzene rings is 2. The number of carbonyl (C=O) groups is 1. The van der Waals surface area contributed by atoms with Crippen LogP contribution in [0.2, 0.25) is 10.0 Å². The van der Waals surface area contributed by atoms with Gasteiger partial charge in [0.2, 0.25) is 5.91 Å². The van der Waals surface area contributed by atoms with E-state index in [0.717, 1.165) is 11.1 Å². The van der Waals surface area contributed by atoms with Crippen LogP contribution in [0.15, 0.2) is 61.2 Å². The van der Waals surface area contributed by atoms with Crippen molar-refractivity contribution < 1.29 is 4.79 Å². The van der Waals surface area contributed by atoms with Crippen molar-refractivity contribution in [2.24, 2.45) is 0 Å². The van der Waals surface area contributed by atoms with Crippen LogP contribution < -0.4 is 0 Å². The molecule has 1 amide bonds. The summed E-state index contributed by atoms with van der Waals surface area (Å²) in [4.78, 5) is 15.3. The van der Waals surface area contributed by atoms with E-state index in [1.54, 1.807) is 11.8 Å². The highest BCUT2D eigenvalue weighted by molar-refractivity contribution is 8.01. The van der Waals surface area contributed by atoms with Crippen molar-refractivity contribution in [1.29, 1.82) is 0 Å². The molecular weight excluding hydrogens is 397 g/mol. The van der Waals surface area contributed by atoms with Crippen LogP contribution in [0.25, 0.3) is 0 Å². The first-order chi connectivity index (χ1) is 12.9. The fourth-order valence-corrected chi connectivity index (χ4v) is 5.49. The molecule has 1 heterocycles. The van der Waals surface area contributed by atoms with E-state index in [1.807, 2.05) is 53.4 Å². The van der Waals surface area contributed by atoms with E-state index in [2.05, 4.69) is 26.5 Å². The number of amides is 1. The third-order valence-electron chi connectivity index (χ3n) is 4.75. The van der Waals surface area contributed by atoms with E-state index in [0.29, 0.717) is 16.5 Å². The molecule has 1 aliphatic heterocycles. The topological polar surface area (TPSA) is 20.3 Å². The summed E-state index contributed by atoms with van der Waals surface area (Å²) < 4.78 is 0. The summed E-state index contributed by atoms with van der Waals surface area (Å²) in [6, 6.07) is 15.7. The molecule has 1 fully saturated rings. The summed E-state index contributed by atoms with van der Waals surface area (Å²) in [5.41, 5.74) is 2.20. The van der Waals surface area contributed by atoms with Crippen LogP contribution >= 0.6 is 35.0 Å². The van der Waals surface area contributed by atoms with E-state index in [1.165, 1.54) is 0 Å². The van der Waals surface area contributed by atoms with E-state index in [4.69, 9.17) is 23.2 Å². The van der Waals surface area contributed by atoms with Crippen LogP contribution in [-0.4, -0.2) is 22.1 Å². The van der Waals surface area contributed by atoms with Crippen molar-refractivity contribution in [2.45, 2.75) is 42.9 Å². The Labute approximate surface area is 175 Å². The zero-order valence-corrected chi connectivity index (χ0v) is 17.8. The highest BCUT2D eigenvalue weighted by atomic mass is 35.5. The number of halogens is 2. The molecule has 142 valence electrons. The second-order valence-electron chi connectivity index (χ2n) is 6.96. The summed E-state index contributed by atoms with van der Waals surface area (Å²) in [6.07, 6.45) is 2.48. The van der Waals surface area contributed by atoms with Crippen LogP contribution in [0.4, 0.5) is 0 Å². The molecule has 5 heteroatoms. The van der Waals surface area contributed by atoms with Gasteiger partial charge in [-0.15, -0.1) is 18.3 Å². The molecule has 0 radical (unpaired) electrons. The first-order valence-electron chi connectivity index (χ1n) is 9.02. The van der Waals surface area contributed by atoms with E-state index >= 15 is 0 Å². The lowest BCUT2D eigenvalue weighted by molar-refractivity contribution is -0.136. The van der Waals surface area contributed by atoms with Gasteiger partial charge >= 0.3 is 0 Å². The van der Waals surface area contributed by atoms with Crippen molar-refractivity contribution in [2.75, 3.05) is 0 Å². The lowest BCUT2D eigenvalue weighted by atomic mass is 9.94. The molecule has 3 rings (SSSR count). The maximum atomic E-state index is 13.3. The summed E-state index contributed by atoms with van der Waals surface area (Å²) in [5, 5.41) is 1.33. The van der Waals surface area contributed by atoms with Gasteiger partial charge < -0.3 is 4.90 Å². The van der Waals surface area contributed by atoms with Gasteiger partial charge in [-0.1, -0.05) is 53.5 Å². The highest BCUT2D eigenvalue weighted by Crippen LogP contribution is 2.51. The normalized spacial score (nSPS) is 22.9. The van der Waals surface area contributed by atoms with Crippen LogP contribution in [0.3, 0.4) is 0 Å². The molecule has 3 unspecified atom stereocenters. The molecule has 0 saturated carbocycles. The van der Waals surface area contributed by atoms with E-state index < -0.39 is 0 Å². The smallest absolute Gasteiger partial charge is 0.236 e. The van der Waals surface area contributed by atoms with Crippen LogP contribution in [-0.2, 0) is 4.79 Å². The van der Waals surface area contributed by atoms with E-state index in [-0.39, 0.29) is 28.5 Å². The first kappa shape index (κ1) is 20.3. The van der Waals surface area contributed by atoms with Gasteiger partial charge in [0.05, 0.1) is 16.5 Å². The lowest BCUT2D eigenvalue weighted by Gasteiger charge is -2.46. The molecule has 0 aliphatic carbocycles. The predicted molar refractivity (Wildman–Crippen MR) is 117 cm³/mol. The Hall–Kier alpha value is -1.42. The van der Waals surface area contributed by atoms with Gasteiger partial charge in [0, 0.05) is 16.1 Å². The second kappa shape index (κ2) is 8.72. The molecular formula is C22H23Cl2NOS. The zero-order chi connectivity index (χ0) is 19.6. The molecule has 3 atom stereocenters. The minimum atomic E-state index is -0.141. The molecule has 27 heavy (non-hydrogen) atoms. The quantitative estimate of drug-likeness (QED) is 0.502. The summed E-state index contributed by atoms with van der Waals surface area (Å²) in [6.45, 7) is 7.97. The van der Waals surface area contributed by atoms with Crippen molar-refractivity contribution in [1.82, 2.24) is 4.90 Å². The van der Waals surface area contributed by atoms with Crippen LogP contribution in [0.1, 0.15) is 42.7 Å². The summed E-state index contributed by atoms with van der Waals surface area (Å²) >= 11 is 14.1. The molecule has 2 aromatic rings. The summed E-state index contributed by atoms with van der Waals surface area (Å²) in [5.74, 6) is 0.160. The average Bonchev–Trinajstić information content (AvgIpc) is 2.63. The third-order valence-corrected chi connectivity index (χ3v) is 6.79. The number of allylic oxidation sites excluding steroid dienone is 1. The minimum Gasteiger partial charge on any atom is -0.331 e. The van der Waals surface area contributed by atoms with Gasteiger partial charge in [0.15, 0.2) is 0 Å². The number of thioether (sulfide) groups is 1. The molecule has 0 spiro atoms. The molecule has 2 aromatic carbocycles. The van der Waals surface area contributed by atoms with Gasteiger partial charge in [0.25, 0.3) is 0 Å². The SMILES string of the molecule is C=CCC1SC(c2cccc(Cl)c2)C(c2ccc(Cl)cc2)N(C(C)C)C1=O. The minimum absolute atomic E-state index is 0.0769. The second-order valence-corrected chi connectivity index (χ2v) is 9.18. The molecule has 0 aromatic heterocycles. The first-order valence-corrected chi connectivity index (χ1v) is 10.7. The largest absolute Gasteiger partial charge is 0.331 e. The Morgan fingerprint density at radius 2 is 1.81 bits per heavy atom. The molecule has 0 N–H and O–H groups in total. The van der Waals surface area contributed by atoms with E-state index in [9.17, 15) is 4.79 Å². The number of nitrogens with zero attached hydrogens (tertiary/aromatic N) is 1. The number of hydrogen-bond acceptors (Lipinski definition) is 2. The Kier molecular flexibility index (Phi) is 6.56. The van der Waals surface area contributed by atoms with Crippen molar-refractivity contribution in [3.05, 3.63) is 82.4 Å². The third kappa shape index (κ3) is 4.37. The van der Waals surface area contributed by atoms with Crippen molar-refractivity contribution >= 4 is 40.9 Å². The Balaban J connectivity index is 2.13. The fraction of sp³-hybridized carbons (Fsp3) is 0.318. The summed E-state index contributed by atoms with van der Waals surface area (Å²) in [7, 11) is 0. The molecule has 0 bridgehead atoms. The average molecular weight is 420 g/mol. The van der Waals surface area contributed by atoms with Gasteiger partial charge in [0.1, 0.15) is 0 Å². The monoisotopic (exact) mass is 419 g/mol. The van der Waals surface area contributed by atoms with Gasteiger partial charge in [-0.2, -0.15) is 0 Å². The van der Waals surface area contributed by atoms with Crippen molar-refractivity contribution in [3.63, 3.8) is 0 Å². The highest BCUT2D eigenvalue weighted by Gasteiger charge is 2.44. The van der Waals surface area contributed by atoms with Gasteiger partial charge in [-0.25, -0.2) is 0 Å². The Morgan fingerprint density at radius 3 is 2.41 bits per heavy atom. The maximum Gasteiger partial charge on any atom is 0.236 e. The van der Waals surface area contributed by atoms with Crippen LogP contribution in [0, 0.1) is 0 Å². The van der Waals surface area contributed by atoms with Gasteiger partial charge in [-0.3, -0.25) is 4.79 Å².